The first-order valence-corrected chi connectivity index (χ1v) is 6.23. The number of benzene rings is 1. The molecule has 2 aromatic rings. The van der Waals surface area contributed by atoms with E-state index in [1.54, 1.807) is 11.5 Å². The molecular formula is C15H14N4O. The highest BCUT2D eigenvalue weighted by molar-refractivity contribution is 5.84. The van der Waals surface area contributed by atoms with Gasteiger partial charge in [-0.05, 0) is 19.1 Å². The Balaban J connectivity index is 2.46. The first-order valence-electron chi connectivity index (χ1n) is 6.23. The third-order valence-electron chi connectivity index (χ3n) is 3.04. The van der Waals surface area contributed by atoms with Crippen LogP contribution in [0.15, 0.2) is 24.3 Å². The van der Waals surface area contributed by atoms with E-state index in [2.05, 4.69) is 22.3 Å². The molecule has 1 heterocycles. The van der Waals surface area contributed by atoms with E-state index in [9.17, 15) is 4.79 Å². The molecule has 1 N–H and O–H groups in total. The zero-order valence-electron chi connectivity index (χ0n) is 11.1. The zero-order valence-corrected chi connectivity index (χ0v) is 11.1. The monoisotopic (exact) mass is 266 g/mol. The zero-order chi connectivity index (χ0) is 14.5. The van der Waals surface area contributed by atoms with Crippen molar-refractivity contribution in [3.63, 3.8) is 0 Å². The molecule has 1 aromatic carbocycles. The summed E-state index contributed by atoms with van der Waals surface area (Å²) in [5.41, 5.74) is 1.61. The molecule has 0 radical (unpaired) electrons. The molecule has 0 saturated heterocycles. The van der Waals surface area contributed by atoms with Gasteiger partial charge in [0.05, 0.1) is 30.1 Å². The highest BCUT2D eigenvalue weighted by Crippen LogP contribution is 2.21. The van der Waals surface area contributed by atoms with Crippen molar-refractivity contribution in [2.45, 2.75) is 19.4 Å². The summed E-state index contributed by atoms with van der Waals surface area (Å²) < 4.78 is 1.78. The quantitative estimate of drug-likeness (QED) is 0.851. The topological polar surface area (TPSA) is 70.7 Å². The molecule has 0 fully saturated rings. The first kappa shape index (κ1) is 13.6. The number of aromatic nitrogens is 2. The van der Waals surface area contributed by atoms with E-state index in [-0.39, 0.29) is 18.9 Å². The number of imidazole rings is 1. The Hall–Kier alpha value is -2.79. The number of hydrogen-bond donors (Lipinski definition) is 1. The molecule has 20 heavy (non-hydrogen) atoms. The minimum atomic E-state index is -0.473. The lowest BCUT2D eigenvalue weighted by Crippen LogP contribution is -2.31. The number of para-hydroxylation sites is 2. The Morgan fingerprint density at radius 1 is 1.55 bits per heavy atom. The standard InChI is InChI=1S/C15H14N4O/c1-3-10-17-15(20)11(2)19-13-7-5-4-6-12(13)18-14(19)8-9-16/h1,4-7,11H,8,10H2,2H3,(H,17,20). The maximum atomic E-state index is 12.1. The van der Waals surface area contributed by atoms with Crippen molar-refractivity contribution in [2.75, 3.05) is 6.54 Å². The van der Waals surface area contributed by atoms with Gasteiger partial charge in [-0.25, -0.2) is 4.98 Å². The van der Waals surface area contributed by atoms with E-state index < -0.39 is 6.04 Å². The van der Waals surface area contributed by atoms with Crippen LogP contribution in [-0.4, -0.2) is 22.0 Å². The number of amides is 1. The number of hydrogen-bond acceptors (Lipinski definition) is 3. The Bertz CT molecular complexity index is 718. The van der Waals surface area contributed by atoms with Gasteiger partial charge < -0.3 is 9.88 Å². The van der Waals surface area contributed by atoms with Gasteiger partial charge in [0.25, 0.3) is 0 Å². The lowest BCUT2D eigenvalue weighted by Gasteiger charge is -2.15. The van der Waals surface area contributed by atoms with Crippen molar-refractivity contribution in [1.29, 1.82) is 5.26 Å². The third-order valence-corrected chi connectivity index (χ3v) is 3.04. The van der Waals surface area contributed by atoms with Crippen LogP contribution in [0.5, 0.6) is 0 Å². The lowest BCUT2D eigenvalue weighted by molar-refractivity contribution is -0.123. The van der Waals surface area contributed by atoms with Gasteiger partial charge in [0.1, 0.15) is 11.9 Å². The fraction of sp³-hybridized carbons (Fsp3) is 0.267. The van der Waals surface area contributed by atoms with E-state index in [0.29, 0.717) is 5.82 Å². The van der Waals surface area contributed by atoms with Gasteiger partial charge in [0.2, 0.25) is 5.91 Å². The molecule has 0 aliphatic rings. The summed E-state index contributed by atoms with van der Waals surface area (Å²) in [5.74, 6) is 2.76. The second kappa shape index (κ2) is 5.90. The van der Waals surface area contributed by atoms with Crippen molar-refractivity contribution in [3.05, 3.63) is 30.1 Å². The van der Waals surface area contributed by atoms with Crippen LogP contribution < -0.4 is 5.32 Å². The Labute approximate surface area is 117 Å². The Kier molecular flexibility index (Phi) is 4.02. The van der Waals surface area contributed by atoms with Crippen LogP contribution >= 0.6 is 0 Å². The summed E-state index contributed by atoms with van der Waals surface area (Å²) in [7, 11) is 0. The molecule has 1 aromatic heterocycles. The van der Waals surface area contributed by atoms with Crippen molar-refractivity contribution >= 4 is 16.9 Å². The summed E-state index contributed by atoms with van der Waals surface area (Å²) in [4.78, 5) is 16.5. The fourth-order valence-electron chi connectivity index (χ4n) is 2.13. The van der Waals surface area contributed by atoms with E-state index in [1.807, 2.05) is 24.3 Å². The van der Waals surface area contributed by atoms with Gasteiger partial charge in [0.15, 0.2) is 0 Å². The second-order valence-electron chi connectivity index (χ2n) is 4.32. The number of nitriles is 1. The van der Waals surface area contributed by atoms with Gasteiger partial charge in [-0.1, -0.05) is 18.1 Å². The van der Waals surface area contributed by atoms with E-state index in [0.717, 1.165) is 11.0 Å². The van der Waals surface area contributed by atoms with Gasteiger partial charge in [-0.2, -0.15) is 5.26 Å². The largest absolute Gasteiger partial charge is 0.343 e. The predicted octanol–water partition coefficient (Wildman–Crippen LogP) is 1.41. The minimum absolute atomic E-state index is 0.154. The molecule has 5 nitrogen and oxygen atoms in total. The van der Waals surface area contributed by atoms with Gasteiger partial charge in [0, 0.05) is 0 Å². The average Bonchev–Trinajstić information content (AvgIpc) is 2.82. The van der Waals surface area contributed by atoms with E-state index in [1.165, 1.54) is 0 Å². The van der Waals surface area contributed by atoms with Crippen molar-refractivity contribution in [1.82, 2.24) is 14.9 Å². The Morgan fingerprint density at radius 2 is 2.30 bits per heavy atom. The number of terminal acetylenes is 1. The lowest BCUT2D eigenvalue weighted by atomic mass is 10.2. The van der Waals surface area contributed by atoms with Crippen LogP contribution in [0.2, 0.25) is 0 Å². The molecule has 0 spiro atoms. The number of carbonyl (C=O) groups is 1. The number of fused-ring (bicyclic) bond motifs is 1. The average molecular weight is 266 g/mol. The number of carbonyl (C=O) groups excluding carboxylic acids is 1. The van der Waals surface area contributed by atoms with Crippen LogP contribution in [0.3, 0.4) is 0 Å². The van der Waals surface area contributed by atoms with Crippen LogP contribution in [-0.2, 0) is 11.2 Å². The molecule has 0 aliphatic heterocycles. The first-order chi connectivity index (χ1) is 9.69. The fourth-order valence-corrected chi connectivity index (χ4v) is 2.13. The predicted molar refractivity (Wildman–Crippen MR) is 75.6 cm³/mol. The van der Waals surface area contributed by atoms with Crippen molar-refractivity contribution < 1.29 is 4.79 Å². The van der Waals surface area contributed by atoms with E-state index >= 15 is 0 Å². The van der Waals surface area contributed by atoms with Crippen LogP contribution in [0.4, 0.5) is 0 Å². The number of rotatable bonds is 4. The number of nitrogens with zero attached hydrogens (tertiary/aromatic N) is 3. The molecule has 1 unspecified atom stereocenters. The molecule has 0 saturated carbocycles. The molecule has 5 heteroatoms. The molecule has 1 atom stereocenters. The summed E-state index contributed by atoms with van der Waals surface area (Å²) in [6.07, 6.45) is 5.29. The second-order valence-corrected chi connectivity index (χ2v) is 4.32. The maximum absolute atomic E-state index is 12.1. The van der Waals surface area contributed by atoms with Gasteiger partial charge in [-0.15, -0.1) is 6.42 Å². The molecule has 1 amide bonds. The molecule has 100 valence electrons. The normalized spacial score (nSPS) is 11.6. The summed E-state index contributed by atoms with van der Waals surface area (Å²) in [6.45, 7) is 1.95. The SMILES string of the molecule is C#CCNC(=O)C(C)n1c(CC#N)nc2ccccc21. The molecule has 2 rings (SSSR count). The molecule has 0 bridgehead atoms. The van der Waals surface area contributed by atoms with Gasteiger partial charge in [-0.3, -0.25) is 4.79 Å². The van der Waals surface area contributed by atoms with Crippen LogP contribution in [0.25, 0.3) is 11.0 Å². The molecule has 0 aliphatic carbocycles. The highest BCUT2D eigenvalue weighted by atomic mass is 16.2. The summed E-state index contributed by atoms with van der Waals surface area (Å²) in [6, 6.07) is 9.10. The summed E-state index contributed by atoms with van der Waals surface area (Å²) in [5, 5.41) is 11.5. The molecular weight excluding hydrogens is 252 g/mol. The highest BCUT2D eigenvalue weighted by Gasteiger charge is 2.20. The minimum Gasteiger partial charge on any atom is -0.343 e. The van der Waals surface area contributed by atoms with E-state index in [4.69, 9.17) is 11.7 Å². The van der Waals surface area contributed by atoms with Crippen LogP contribution in [0.1, 0.15) is 18.8 Å². The third kappa shape index (κ3) is 2.48. The van der Waals surface area contributed by atoms with Crippen molar-refractivity contribution in [3.8, 4) is 18.4 Å². The number of nitrogens with one attached hydrogen (secondary N) is 1. The maximum Gasteiger partial charge on any atom is 0.243 e. The smallest absolute Gasteiger partial charge is 0.243 e. The van der Waals surface area contributed by atoms with Crippen molar-refractivity contribution in [2.24, 2.45) is 0 Å². The van der Waals surface area contributed by atoms with Gasteiger partial charge >= 0.3 is 0 Å². The van der Waals surface area contributed by atoms with Crippen LogP contribution in [0, 0.1) is 23.7 Å². The summed E-state index contributed by atoms with van der Waals surface area (Å²) >= 11 is 0. The Morgan fingerprint density at radius 3 is 3.00 bits per heavy atom.